The van der Waals surface area contributed by atoms with E-state index in [0.29, 0.717) is 5.56 Å². The van der Waals surface area contributed by atoms with Crippen molar-refractivity contribution in [1.82, 2.24) is 4.98 Å². The SMILES string of the molecule is FC(F)(F)Oc1ccccc1-c1cccnc1Cl. The maximum atomic E-state index is 12.3. The molecule has 0 bridgehead atoms. The van der Waals surface area contributed by atoms with Crippen LogP contribution in [0.1, 0.15) is 0 Å². The Morgan fingerprint density at radius 1 is 1.00 bits per heavy atom. The molecule has 18 heavy (non-hydrogen) atoms. The standard InChI is InChI=1S/C12H7ClF3NO/c13-11-9(5-3-7-17-11)8-4-1-2-6-10(8)18-12(14,15)16/h1-7H. The number of aromatic nitrogens is 1. The van der Waals surface area contributed by atoms with Crippen LogP contribution in [-0.2, 0) is 0 Å². The molecular formula is C12H7ClF3NO. The molecule has 1 aromatic carbocycles. The fourth-order valence-electron chi connectivity index (χ4n) is 1.49. The first kappa shape index (κ1) is 12.7. The van der Waals surface area contributed by atoms with Gasteiger partial charge in [-0.25, -0.2) is 4.98 Å². The second-order valence-corrected chi connectivity index (χ2v) is 3.74. The van der Waals surface area contributed by atoms with Gasteiger partial charge in [0.15, 0.2) is 0 Å². The molecule has 0 aliphatic carbocycles. The van der Waals surface area contributed by atoms with Gasteiger partial charge in [-0.3, -0.25) is 0 Å². The first-order chi connectivity index (χ1) is 8.47. The number of ether oxygens (including phenoxy) is 1. The molecule has 0 saturated carbocycles. The molecule has 0 radical (unpaired) electrons. The van der Waals surface area contributed by atoms with Crippen LogP contribution in [0.4, 0.5) is 13.2 Å². The van der Waals surface area contributed by atoms with Crippen LogP contribution in [0.5, 0.6) is 5.75 Å². The largest absolute Gasteiger partial charge is 0.573 e. The lowest BCUT2D eigenvalue weighted by atomic mass is 10.1. The zero-order valence-electron chi connectivity index (χ0n) is 8.91. The summed E-state index contributed by atoms with van der Waals surface area (Å²) in [5.41, 5.74) is 0.631. The van der Waals surface area contributed by atoms with Crippen LogP contribution in [0.3, 0.4) is 0 Å². The highest BCUT2D eigenvalue weighted by Gasteiger charge is 2.32. The fourth-order valence-corrected chi connectivity index (χ4v) is 1.71. The van der Waals surface area contributed by atoms with Gasteiger partial charge in [-0.15, -0.1) is 13.2 Å². The normalized spacial score (nSPS) is 11.3. The molecule has 2 rings (SSSR count). The first-order valence-corrected chi connectivity index (χ1v) is 5.31. The van der Waals surface area contributed by atoms with Crippen LogP contribution in [-0.4, -0.2) is 11.3 Å². The molecule has 0 unspecified atom stereocenters. The second-order valence-electron chi connectivity index (χ2n) is 3.39. The third-order valence-electron chi connectivity index (χ3n) is 2.16. The number of hydrogen-bond acceptors (Lipinski definition) is 2. The van der Waals surface area contributed by atoms with E-state index >= 15 is 0 Å². The van der Waals surface area contributed by atoms with E-state index < -0.39 is 6.36 Å². The third kappa shape index (κ3) is 2.92. The summed E-state index contributed by atoms with van der Waals surface area (Å²) in [5.74, 6) is -0.306. The molecule has 0 saturated heterocycles. The lowest BCUT2D eigenvalue weighted by Crippen LogP contribution is -2.17. The summed E-state index contributed by atoms with van der Waals surface area (Å²) in [5, 5.41) is 0.121. The van der Waals surface area contributed by atoms with Gasteiger partial charge in [0.2, 0.25) is 0 Å². The average molecular weight is 274 g/mol. The Morgan fingerprint density at radius 3 is 2.33 bits per heavy atom. The molecule has 94 valence electrons. The van der Waals surface area contributed by atoms with Gasteiger partial charge in [0, 0.05) is 17.3 Å². The Kier molecular flexibility index (Phi) is 3.43. The molecule has 0 amide bonds. The highest BCUT2D eigenvalue weighted by molar-refractivity contribution is 6.32. The number of nitrogens with zero attached hydrogens (tertiary/aromatic N) is 1. The Morgan fingerprint density at radius 2 is 1.67 bits per heavy atom. The van der Waals surface area contributed by atoms with Crippen LogP contribution >= 0.6 is 11.6 Å². The van der Waals surface area contributed by atoms with Crippen LogP contribution in [0, 0.1) is 0 Å². The Bertz CT molecular complexity index is 557. The topological polar surface area (TPSA) is 22.1 Å². The molecule has 0 aliphatic rings. The zero-order chi connectivity index (χ0) is 13.2. The van der Waals surface area contributed by atoms with E-state index in [2.05, 4.69) is 9.72 Å². The second kappa shape index (κ2) is 4.86. The van der Waals surface area contributed by atoms with E-state index in [1.807, 2.05) is 0 Å². The predicted octanol–water partition coefficient (Wildman–Crippen LogP) is 4.30. The van der Waals surface area contributed by atoms with Crippen molar-refractivity contribution in [1.29, 1.82) is 0 Å². The Balaban J connectivity index is 2.49. The third-order valence-corrected chi connectivity index (χ3v) is 2.46. The summed E-state index contributed by atoms with van der Waals surface area (Å²) in [7, 11) is 0. The van der Waals surface area contributed by atoms with Crippen LogP contribution in [0.25, 0.3) is 11.1 Å². The van der Waals surface area contributed by atoms with Crippen molar-refractivity contribution >= 4 is 11.6 Å². The van der Waals surface area contributed by atoms with Crippen LogP contribution < -0.4 is 4.74 Å². The Hall–Kier alpha value is -1.75. The van der Waals surface area contributed by atoms with E-state index in [0.717, 1.165) is 0 Å². The van der Waals surface area contributed by atoms with Gasteiger partial charge in [0.05, 0.1) is 0 Å². The van der Waals surface area contributed by atoms with Gasteiger partial charge >= 0.3 is 6.36 Å². The molecule has 0 fully saturated rings. The number of halogens is 4. The smallest absolute Gasteiger partial charge is 0.405 e. The summed E-state index contributed by atoms with van der Waals surface area (Å²) < 4.78 is 40.8. The summed E-state index contributed by atoms with van der Waals surface area (Å²) in [6, 6.07) is 8.94. The molecule has 0 N–H and O–H groups in total. The van der Waals surface area contributed by atoms with E-state index in [9.17, 15) is 13.2 Å². The quantitative estimate of drug-likeness (QED) is 0.761. The average Bonchev–Trinajstić information content (AvgIpc) is 2.29. The van der Waals surface area contributed by atoms with E-state index in [1.54, 1.807) is 18.2 Å². The number of benzene rings is 1. The number of rotatable bonds is 2. The van der Waals surface area contributed by atoms with Gasteiger partial charge in [0.1, 0.15) is 10.9 Å². The lowest BCUT2D eigenvalue weighted by molar-refractivity contribution is -0.274. The minimum Gasteiger partial charge on any atom is -0.405 e. The van der Waals surface area contributed by atoms with Gasteiger partial charge in [-0.2, -0.15) is 0 Å². The van der Waals surface area contributed by atoms with Crippen molar-refractivity contribution in [2.24, 2.45) is 0 Å². The number of para-hydroxylation sites is 1. The summed E-state index contributed by atoms with van der Waals surface area (Å²) >= 11 is 5.85. The van der Waals surface area contributed by atoms with Crippen LogP contribution in [0.2, 0.25) is 5.15 Å². The number of pyridine rings is 1. The van der Waals surface area contributed by atoms with E-state index in [-0.39, 0.29) is 16.5 Å². The van der Waals surface area contributed by atoms with E-state index in [4.69, 9.17) is 11.6 Å². The minimum atomic E-state index is -4.75. The van der Waals surface area contributed by atoms with Crippen molar-refractivity contribution in [2.75, 3.05) is 0 Å². The first-order valence-electron chi connectivity index (χ1n) is 4.93. The minimum absolute atomic E-state index is 0.121. The molecule has 2 nitrogen and oxygen atoms in total. The molecule has 1 aromatic heterocycles. The van der Waals surface area contributed by atoms with Gasteiger partial charge in [0.25, 0.3) is 0 Å². The summed E-state index contributed by atoms with van der Waals surface area (Å²) in [4.78, 5) is 3.82. The molecule has 0 atom stereocenters. The highest BCUT2D eigenvalue weighted by atomic mass is 35.5. The predicted molar refractivity (Wildman–Crippen MR) is 61.4 cm³/mol. The van der Waals surface area contributed by atoms with Crippen molar-refractivity contribution in [3.05, 3.63) is 47.7 Å². The van der Waals surface area contributed by atoms with Crippen molar-refractivity contribution in [2.45, 2.75) is 6.36 Å². The van der Waals surface area contributed by atoms with Crippen molar-refractivity contribution < 1.29 is 17.9 Å². The fraction of sp³-hybridized carbons (Fsp3) is 0.0833. The van der Waals surface area contributed by atoms with E-state index in [1.165, 1.54) is 24.4 Å². The molecule has 0 aliphatic heterocycles. The van der Waals surface area contributed by atoms with Gasteiger partial charge < -0.3 is 4.74 Å². The van der Waals surface area contributed by atoms with Gasteiger partial charge in [-0.1, -0.05) is 29.8 Å². The molecule has 1 heterocycles. The van der Waals surface area contributed by atoms with Crippen LogP contribution in [0.15, 0.2) is 42.6 Å². The number of alkyl halides is 3. The molecule has 0 spiro atoms. The maximum absolute atomic E-state index is 12.3. The summed E-state index contributed by atoms with van der Waals surface area (Å²) in [6.45, 7) is 0. The number of hydrogen-bond donors (Lipinski definition) is 0. The lowest BCUT2D eigenvalue weighted by Gasteiger charge is -2.13. The summed E-state index contributed by atoms with van der Waals surface area (Å²) in [6.07, 6.45) is -3.29. The monoisotopic (exact) mass is 273 g/mol. The van der Waals surface area contributed by atoms with Gasteiger partial charge in [-0.05, 0) is 18.2 Å². The molecule has 2 aromatic rings. The van der Waals surface area contributed by atoms with Crippen molar-refractivity contribution in [3.63, 3.8) is 0 Å². The zero-order valence-corrected chi connectivity index (χ0v) is 9.66. The molecular weight excluding hydrogens is 267 g/mol. The van der Waals surface area contributed by atoms with Crippen molar-refractivity contribution in [3.8, 4) is 16.9 Å². The highest BCUT2D eigenvalue weighted by Crippen LogP contribution is 2.36. The maximum Gasteiger partial charge on any atom is 0.573 e. The Labute approximate surface area is 106 Å². The molecule has 6 heteroatoms.